The molecule has 21 heavy (non-hydrogen) atoms. The molecular weight excluding hydrogens is 335 g/mol. The number of sulfonamides is 1. The van der Waals surface area contributed by atoms with E-state index in [4.69, 9.17) is 28.3 Å². The van der Waals surface area contributed by atoms with Crippen LogP contribution in [0.3, 0.4) is 0 Å². The van der Waals surface area contributed by atoms with Crippen molar-refractivity contribution in [3.63, 3.8) is 0 Å². The van der Waals surface area contributed by atoms with Crippen LogP contribution in [0.5, 0.6) is 0 Å². The van der Waals surface area contributed by atoms with Crippen LogP contribution in [0.4, 0.5) is 0 Å². The molecule has 1 heterocycles. The number of nitrogens with two attached hydrogens (primary N) is 1. The van der Waals surface area contributed by atoms with Crippen molar-refractivity contribution in [2.24, 2.45) is 11.1 Å². The Kier molecular flexibility index (Phi) is 4.57. The number of primary sulfonamides is 1. The molecule has 0 saturated carbocycles. The van der Waals surface area contributed by atoms with E-state index in [0.717, 1.165) is 0 Å². The molecule has 9 heteroatoms. The Morgan fingerprint density at radius 2 is 1.76 bits per heavy atom. The van der Waals surface area contributed by atoms with E-state index in [2.05, 4.69) is 10.2 Å². The van der Waals surface area contributed by atoms with Crippen molar-refractivity contribution in [3.05, 3.63) is 28.2 Å². The number of hydrogen-bond acceptors (Lipinski definition) is 4. The average Bonchev–Trinajstić information content (AvgIpc) is 2.69. The molecule has 0 unspecified atom stereocenters. The molecular formula is C12H14Cl2N4O2S. The van der Waals surface area contributed by atoms with E-state index in [0.29, 0.717) is 28.0 Å². The van der Waals surface area contributed by atoms with Crippen LogP contribution in [0.15, 0.2) is 23.4 Å². The van der Waals surface area contributed by atoms with Gasteiger partial charge < -0.3 is 0 Å². The molecule has 2 N–H and O–H groups in total. The maximum atomic E-state index is 11.6. The van der Waals surface area contributed by atoms with Gasteiger partial charge in [0.15, 0.2) is 5.82 Å². The molecule has 2 aromatic rings. The van der Waals surface area contributed by atoms with E-state index < -0.39 is 10.0 Å². The van der Waals surface area contributed by atoms with E-state index in [1.165, 1.54) is 4.57 Å². The van der Waals surface area contributed by atoms with Gasteiger partial charge in [-0.15, -0.1) is 10.2 Å². The van der Waals surface area contributed by atoms with Gasteiger partial charge in [-0.3, -0.25) is 4.57 Å². The Morgan fingerprint density at radius 1 is 1.19 bits per heavy atom. The summed E-state index contributed by atoms with van der Waals surface area (Å²) < 4.78 is 24.7. The van der Waals surface area contributed by atoms with Crippen LogP contribution in [-0.4, -0.2) is 23.2 Å². The summed E-state index contributed by atoms with van der Waals surface area (Å²) in [5, 5.41) is 13.4. The van der Waals surface area contributed by atoms with Crippen molar-refractivity contribution in [1.82, 2.24) is 14.8 Å². The monoisotopic (exact) mass is 348 g/mol. The van der Waals surface area contributed by atoms with Crippen LogP contribution in [0, 0.1) is 5.92 Å². The Balaban J connectivity index is 2.66. The molecule has 1 aromatic carbocycles. The highest BCUT2D eigenvalue weighted by Crippen LogP contribution is 2.27. The van der Waals surface area contributed by atoms with E-state index in [-0.39, 0.29) is 11.1 Å². The molecule has 0 aliphatic heterocycles. The van der Waals surface area contributed by atoms with Gasteiger partial charge in [0.2, 0.25) is 0 Å². The second-order valence-corrected chi connectivity index (χ2v) is 7.34. The molecule has 6 nitrogen and oxygen atoms in total. The highest BCUT2D eigenvalue weighted by Gasteiger charge is 2.22. The summed E-state index contributed by atoms with van der Waals surface area (Å²) in [6.07, 6.45) is 0. The maximum Gasteiger partial charge on any atom is 0.273 e. The van der Waals surface area contributed by atoms with Gasteiger partial charge in [-0.25, -0.2) is 13.6 Å². The first-order valence-electron chi connectivity index (χ1n) is 6.11. The second kappa shape index (κ2) is 5.92. The molecule has 2 rings (SSSR count). The molecule has 0 amide bonds. The SMILES string of the molecule is CC(C)Cn1c(-c2cc(Cl)cc(Cl)c2)nnc1S(N)(=O)=O. The Labute approximate surface area is 132 Å². The van der Waals surface area contributed by atoms with Crippen LogP contribution >= 0.6 is 23.2 Å². The third-order valence-corrected chi connectivity index (χ3v) is 3.89. The van der Waals surface area contributed by atoms with E-state index in [9.17, 15) is 8.42 Å². The fraction of sp³-hybridized carbons (Fsp3) is 0.333. The zero-order valence-electron chi connectivity index (χ0n) is 11.4. The van der Waals surface area contributed by atoms with Crippen molar-refractivity contribution in [1.29, 1.82) is 0 Å². The van der Waals surface area contributed by atoms with Gasteiger partial charge in [0, 0.05) is 22.2 Å². The topological polar surface area (TPSA) is 90.9 Å². The molecule has 0 bridgehead atoms. The molecule has 0 spiro atoms. The van der Waals surface area contributed by atoms with Crippen molar-refractivity contribution in [2.45, 2.75) is 25.5 Å². The fourth-order valence-electron chi connectivity index (χ4n) is 1.93. The van der Waals surface area contributed by atoms with Gasteiger partial charge in [-0.05, 0) is 24.1 Å². The number of nitrogens with zero attached hydrogens (tertiary/aromatic N) is 3. The largest absolute Gasteiger partial charge is 0.296 e. The summed E-state index contributed by atoms with van der Waals surface area (Å²) in [6, 6.07) is 4.86. The third kappa shape index (κ3) is 3.74. The van der Waals surface area contributed by atoms with Gasteiger partial charge in [0.05, 0.1) is 0 Å². The predicted molar refractivity (Wildman–Crippen MR) is 81.7 cm³/mol. The molecule has 1 aromatic heterocycles. The van der Waals surface area contributed by atoms with E-state index in [1.807, 2.05) is 13.8 Å². The summed E-state index contributed by atoms with van der Waals surface area (Å²) >= 11 is 11.9. The van der Waals surface area contributed by atoms with Gasteiger partial charge in [-0.1, -0.05) is 37.0 Å². The fourth-order valence-corrected chi connectivity index (χ4v) is 3.07. The smallest absolute Gasteiger partial charge is 0.273 e. The van der Waals surface area contributed by atoms with Crippen LogP contribution in [-0.2, 0) is 16.6 Å². The third-order valence-electron chi connectivity index (χ3n) is 2.64. The number of hydrogen-bond donors (Lipinski definition) is 1. The lowest BCUT2D eigenvalue weighted by atomic mass is 10.2. The maximum absolute atomic E-state index is 11.6. The van der Waals surface area contributed by atoms with Gasteiger partial charge >= 0.3 is 0 Å². The minimum atomic E-state index is -3.96. The van der Waals surface area contributed by atoms with E-state index in [1.54, 1.807) is 18.2 Å². The lowest BCUT2D eigenvalue weighted by Gasteiger charge is -2.12. The minimum Gasteiger partial charge on any atom is -0.296 e. The summed E-state index contributed by atoms with van der Waals surface area (Å²) in [6.45, 7) is 4.29. The zero-order valence-corrected chi connectivity index (χ0v) is 13.7. The molecule has 0 atom stereocenters. The normalized spacial score (nSPS) is 12.1. The molecule has 0 saturated heterocycles. The quantitative estimate of drug-likeness (QED) is 0.918. The van der Waals surface area contributed by atoms with Crippen molar-refractivity contribution >= 4 is 33.2 Å². The number of benzene rings is 1. The van der Waals surface area contributed by atoms with Crippen molar-refractivity contribution < 1.29 is 8.42 Å². The molecule has 0 fully saturated rings. The predicted octanol–water partition coefficient (Wildman–Crippen LogP) is 2.56. The lowest BCUT2D eigenvalue weighted by Crippen LogP contribution is -2.20. The summed E-state index contributed by atoms with van der Waals surface area (Å²) in [4.78, 5) is 0. The Morgan fingerprint density at radius 3 is 2.24 bits per heavy atom. The van der Waals surface area contributed by atoms with Crippen LogP contribution in [0.2, 0.25) is 10.0 Å². The molecule has 0 aliphatic rings. The second-order valence-electron chi connectivity index (χ2n) is 5.01. The summed E-state index contributed by atoms with van der Waals surface area (Å²) in [7, 11) is -3.96. The zero-order chi connectivity index (χ0) is 15.8. The number of halogens is 2. The minimum absolute atomic E-state index is 0.176. The summed E-state index contributed by atoms with van der Waals surface area (Å²) in [5.41, 5.74) is 0.579. The van der Waals surface area contributed by atoms with Crippen LogP contribution in [0.1, 0.15) is 13.8 Å². The first kappa shape index (κ1) is 16.2. The average molecular weight is 349 g/mol. The van der Waals surface area contributed by atoms with E-state index >= 15 is 0 Å². The standard InChI is InChI=1S/C12H14Cl2N4O2S/c1-7(2)6-18-11(16-17-12(18)21(15,19)20)8-3-9(13)5-10(14)4-8/h3-5,7H,6H2,1-2H3,(H2,15,19,20). The van der Waals surface area contributed by atoms with Crippen molar-refractivity contribution in [3.8, 4) is 11.4 Å². The first-order chi connectivity index (χ1) is 9.68. The highest BCUT2D eigenvalue weighted by molar-refractivity contribution is 7.89. The van der Waals surface area contributed by atoms with Crippen LogP contribution in [0.25, 0.3) is 11.4 Å². The first-order valence-corrected chi connectivity index (χ1v) is 8.41. The van der Waals surface area contributed by atoms with Gasteiger partial charge in [0.25, 0.3) is 15.2 Å². The molecule has 0 radical (unpaired) electrons. The van der Waals surface area contributed by atoms with Gasteiger partial charge in [0.1, 0.15) is 0 Å². The lowest BCUT2D eigenvalue weighted by molar-refractivity contribution is 0.486. The Hall–Kier alpha value is -1.15. The van der Waals surface area contributed by atoms with Crippen molar-refractivity contribution in [2.75, 3.05) is 0 Å². The van der Waals surface area contributed by atoms with Crippen LogP contribution < -0.4 is 5.14 Å². The molecule has 114 valence electrons. The summed E-state index contributed by atoms with van der Waals surface area (Å²) in [5.74, 6) is 0.534. The number of rotatable bonds is 4. The Bertz CT molecular complexity index is 751. The highest BCUT2D eigenvalue weighted by atomic mass is 35.5. The molecule has 0 aliphatic carbocycles. The van der Waals surface area contributed by atoms with Gasteiger partial charge in [-0.2, -0.15) is 0 Å². The number of aromatic nitrogens is 3.